The van der Waals surface area contributed by atoms with Crippen LogP contribution in [0.5, 0.6) is 0 Å². The molecule has 7 heteroatoms. The van der Waals surface area contributed by atoms with Crippen LogP contribution in [0.1, 0.15) is 32.8 Å². The van der Waals surface area contributed by atoms with Crippen molar-refractivity contribution >= 4 is 17.7 Å². The Bertz CT molecular complexity index is 837. The molecule has 0 radical (unpaired) electrons. The molecule has 1 amide bonds. The van der Waals surface area contributed by atoms with Crippen LogP contribution in [0.4, 0.5) is 5.82 Å². The third-order valence-electron chi connectivity index (χ3n) is 4.73. The minimum Gasteiger partial charge on any atom is -0.465 e. The zero-order valence-corrected chi connectivity index (χ0v) is 15.9. The number of nitrogens with zero attached hydrogens (tertiary/aromatic N) is 4. The van der Waals surface area contributed by atoms with Gasteiger partial charge in [0.25, 0.3) is 5.91 Å². The maximum atomic E-state index is 12.1. The Kier molecular flexibility index (Phi) is 5.69. The molecule has 0 spiro atoms. The summed E-state index contributed by atoms with van der Waals surface area (Å²) >= 11 is 0. The van der Waals surface area contributed by atoms with Gasteiger partial charge in [-0.15, -0.1) is 0 Å². The monoisotopic (exact) mass is 368 g/mol. The van der Waals surface area contributed by atoms with Crippen LogP contribution in [0.25, 0.3) is 0 Å². The molecule has 1 aliphatic rings. The molecule has 0 bridgehead atoms. The van der Waals surface area contributed by atoms with Gasteiger partial charge >= 0.3 is 5.97 Å². The van der Waals surface area contributed by atoms with Crippen molar-refractivity contribution in [2.24, 2.45) is 5.92 Å². The number of anilines is 1. The summed E-state index contributed by atoms with van der Waals surface area (Å²) in [4.78, 5) is 36.1. The average Bonchev–Trinajstić information content (AvgIpc) is 3.15. The van der Waals surface area contributed by atoms with Crippen molar-refractivity contribution in [1.82, 2.24) is 14.9 Å². The van der Waals surface area contributed by atoms with Crippen LogP contribution < -0.4 is 4.90 Å². The number of ether oxygens (including phenoxy) is 1. The average molecular weight is 368 g/mol. The molecule has 1 unspecified atom stereocenters. The van der Waals surface area contributed by atoms with E-state index >= 15 is 0 Å². The van der Waals surface area contributed by atoms with E-state index in [2.05, 4.69) is 14.9 Å². The van der Waals surface area contributed by atoms with Crippen molar-refractivity contribution < 1.29 is 14.3 Å². The summed E-state index contributed by atoms with van der Waals surface area (Å²) in [6.07, 6.45) is 5.10. The van der Waals surface area contributed by atoms with E-state index in [0.717, 1.165) is 37.3 Å². The van der Waals surface area contributed by atoms with Crippen molar-refractivity contribution in [1.29, 1.82) is 0 Å². The van der Waals surface area contributed by atoms with Crippen LogP contribution in [0.2, 0.25) is 0 Å². The highest BCUT2D eigenvalue weighted by Gasteiger charge is 2.25. The molecule has 1 fully saturated rings. The maximum Gasteiger partial charge on any atom is 0.337 e. The van der Waals surface area contributed by atoms with Gasteiger partial charge in [0.2, 0.25) is 0 Å². The molecule has 3 rings (SSSR count). The molecule has 2 aromatic rings. The number of esters is 1. The zero-order chi connectivity index (χ0) is 19.4. The zero-order valence-electron chi connectivity index (χ0n) is 15.9. The lowest BCUT2D eigenvalue weighted by Crippen LogP contribution is -2.26. The second kappa shape index (κ2) is 8.16. The van der Waals surface area contributed by atoms with Gasteiger partial charge in [-0.2, -0.15) is 0 Å². The Morgan fingerprint density at radius 1 is 1.30 bits per heavy atom. The van der Waals surface area contributed by atoms with Gasteiger partial charge in [0, 0.05) is 27.2 Å². The Balaban J connectivity index is 1.66. The molecule has 7 nitrogen and oxygen atoms in total. The third-order valence-corrected chi connectivity index (χ3v) is 4.73. The van der Waals surface area contributed by atoms with E-state index in [4.69, 9.17) is 4.74 Å². The normalized spacial score (nSPS) is 16.3. The topological polar surface area (TPSA) is 75.6 Å². The fraction of sp³-hybridized carbons (Fsp3) is 0.400. The maximum absolute atomic E-state index is 12.1. The Hall–Kier alpha value is -2.96. The molecule has 0 aliphatic carbocycles. The van der Waals surface area contributed by atoms with Crippen LogP contribution in [0.15, 0.2) is 36.7 Å². The van der Waals surface area contributed by atoms with Crippen molar-refractivity contribution in [2.75, 3.05) is 39.2 Å². The highest BCUT2D eigenvalue weighted by molar-refractivity contribution is 5.92. The van der Waals surface area contributed by atoms with E-state index < -0.39 is 0 Å². The van der Waals surface area contributed by atoms with E-state index in [9.17, 15) is 9.59 Å². The molecule has 0 saturated carbocycles. The summed E-state index contributed by atoms with van der Waals surface area (Å²) in [7, 11) is 4.79. The SMILES string of the molecule is COC(=O)c1cccc(CC2CCN(c3cncc(C(=O)N(C)C)n3)C2)c1. The number of benzene rings is 1. The lowest BCUT2D eigenvalue weighted by atomic mass is 9.97. The molecule has 1 aromatic heterocycles. The number of carbonyl (C=O) groups is 2. The van der Waals surface area contributed by atoms with Gasteiger partial charge in [-0.3, -0.25) is 9.78 Å². The van der Waals surface area contributed by atoms with E-state index in [0.29, 0.717) is 17.2 Å². The van der Waals surface area contributed by atoms with Gasteiger partial charge in [0.05, 0.1) is 25.1 Å². The van der Waals surface area contributed by atoms with Crippen molar-refractivity contribution in [3.63, 3.8) is 0 Å². The van der Waals surface area contributed by atoms with Gasteiger partial charge < -0.3 is 14.5 Å². The lowest BCUT2D eigenvalue weighted by molar-refractivity contribution is 0.0600. The molecule has 0 N–H and O–H groups in total. The predicted molar refractivity (Wildman–Crippen MR) is 102 cm³/mol. The van der Waals surface area contributed by atoms with Gasteiger partial charge in [-0.05, 0) is 36.5 Å². The molecule has 1 aliphatic heterocycles. The first-order valence-electron chi connectivity index (χ1n) is 8.94. The summed E-state index contributed by atoms with van der Waals surface area (Å²) in [5.41, 5.74) is 2.05. The predicted octanol–water partition coefficient (Wildman–Crippen LogP) is 2.03. The molecule has 1 atom stereocenters. The number of amides is 1. The summed E-state index contributed by atoms with van der Waals surface area (Å²) in [6, 6.07) is 7.57. The van der Waals surface area contributed by atoms with Gasteiger partial charge in [0.15, 0.2) is 0 Å². The molecular formula is C20H24N4O3. The molecular weight excluding hydrogens is 344 g/mol. The molecule has 142 valence electrons. The Labute approximate surface area is 159 Å². The standard InChI is InChI=1S/C20H24N4O3/c1-23(2)19(25)17-11-21-12-18(22-17)24-8-7-15(13-24)9-14-5-4-6-16(10-14)20(26)27-3/h4-6,10-12,15H,7-9,13H2,1-3H3. The van der Waals surface area contributed by atoms with Gasteiger partial charge in [-0.25, -0.2) is 9.78 Å². The van der Waals surface area contributed by atoms with E-state index in [1.807, 2.05) is 18.2 Å². The Morgan fingerprint density at radius 2 is 2.11 bits per heavy atom. The van der Waals surface area contributed by atoms with Gasteiger partial charge in [0.1, 0.15) is 11.5 Å². The second-order valence-electron chi connectivity index (χ2n) is 6.96. The van der Waals surface area contributed by atoms with Crippen molar-refractivity contribution in [3.05, 3.63) is 53.5 Å². The summed E-state index contributed by atoms with van der Waals surface area (Å²) < 4.78 is 4.79. The minimum atomic E-state index is -0.317. The fourth-order valence-electron chi connectivity index (χ4n) is 3.32. The number of hydrogen-bond donors (Lipinski definition) is 0. The molecule has 2 heterocycles. The first kappa shape index (κ1) is 18.8. The number of hydrogen-bond acceptors (Lipinski definition) is 6. The number of rotatable bonds is 5. The third kappa shape index (κ3) is 4.42. The smallest absolute Gasteiger partial charge is 0.337 e. The van der Waals surface area contributed by atoms with Crippen LogP contribution >= 0.6 is 0 Å². The van der Waals surface area contributed by atoms with E-state index in [-0.39, 0.29) is 11.9 Å². The quantitative estimate of drug-likeness (QED) is 0.752. The fourth-order valence-corrected chi connectivity index (χ4v) is 3.32. The van der Waals surface area contributed by atoms with Gasteiger partial charge in [-0.1, -0.05) is 12.1 Å². The first-order valence-corrected chi connectivity index (χ1v) is 8.94. The Morgan fingerprint density at radius 3 is 2.85 bits per heavy atom. The van der Waals surface area contributed by atoms with Crippen molar-refractivity contribution in [2.45, 2.75) is 12.8 Å². The lowest BCUT2D eigenvalue weighted by Gasteiger charge is -2.18. The summed E-state index contributed by atoms with van der Waals surface area (Å²) in [5, 5.41) is 0. The number of aromatic nitrogens is 2. The minimum absolute atomic E-state index is 0.153. The second-order valence-corrected chi connectivity index (χ2v) is 6.96. The highest BCUT2D eigenvalue weighted by Crippen LogP contribution is 2.25. The van der Waals surface area contributed by atoms with Crippen LogP contribution in [-0.2, 0) is 11.2 Å². The van der Waals surface area contributed by atoms with Crippen LogP contribution in [0, 0.1) is 5.92 Å². The largest absolute Gasteiger partial charge is 0.465 e. The molecule has 27 heavy (non-hydrogen) atoms. The number of carbonyl (C=O) groups excluding carboxylic acids is 2. The van der Waals surface area contributed by atoms with Crippen molar-refractivity contribution in [3.8, 4) is 0 Å². The molecule has 1 aromatic carbocycles. The summed E-state index contributed by atoms with van der Waals surface area (Å²) in [6.45, 7) is 1.71. The molecule has 1 saturated heterocycles. The number of methoxy groups -OCH3 is 1. The first-order chi connectivity index (χ1) is 13.0. The van der Waals surface area contributed by atoms with Crippen LogP contribution in [-0.4, -0.2) is 61.0 Å². The van der Waals surface area contributed by atoms with E-state index in [1.54, 1.807) is 26.4 Å². The summed E-state index contributed by atoms with van der Waals surface area (Å²) in [5.74, 6) is 0.712. The van der Waals surface area contributed by atoms with Crippen LogP contribution in [0.3, 0.4) is 0 Å². The van der Waals surface area contributed by atoms with E-state index in [1.165, 1.54) is 18.2 Å². The highest BCUT2D eigenvalue weighted by atomic mass is 16.5.